The number of ether oxygens (including phenoxy) is 4. The highest BCUT2D eigenvalue weighted by molar-refractivity contribution is 5.84. The summed E-state index contributed by atoms with van der Waals surface area (Å²) in [5.74, 6) is 2.83. The first-order chi connectivity index (χ1) is 15.7. The van der Waals surface area contributed by atoms with Crippen LogP contribution < -0.4 is 18.9 Å². The molecule has 2 rings (SSSR count). The highest BCUT2D eigenvalue weighted by Crippen LogP contribution is 2.32. The molecule has 2 aromatic carbocycles. The van der Waals surface area contributed by atoms with Gasteiger partial charge in [-0.15, -0.1) is 0 Å². The Hall–Kier alpha value is -2.95. The Morgan fingerprint density at radius 2 is 1.06 bits per heavy atom. The Kier molecular flexibility index (Phi) is 11.2. The van der Waals surface area contributed by atoms with Crippen LogP contribution in [0.3, 0.4) is 0 Å². The number of rotatable bonds is 15. The Bertz CT molecular complexity index is 873. The van der Waals surface area contributed by atoms with Crippen LogP contribution in [-0.2, 0) is 0 Å². The predicted octanol–water partition coefficient (Wildman–Crippen LogP) is 6.82. The second kappa shape index (κ2) is 14.2. The molecule has 0 heterocycles. The lowest BCUT2D eigenvalue weighted by atomic mass is 10.1. The topological polar surface area (TPSA) is 54.0 Å². The Morgan fingerprint density at radius 1 is 0.594 bits per heavy atom. The first kappa shape index (κ1) is 25.3. The molecule has 5 heteroatoms. The van der Waals surface area contributed by atoms with Gasteiger partial charge in [0.1, 0.15) is 23.0 Å². The molecule has 174 valence electrons. The summed E-state index contributed by atoms with van der Waals surface area (Å²) in [7, 11) is 0. The summed E-state index contributed by atoms with van der Waals surface area (Å²) >= 11 is 0. The predicted molar refractivity (Wildman–Crippen MR) is 130 cm³/mol. The molecule has 0 aliphatic rings. The zero-order valence-electron chi connectivity index (χ0n) is 19.8. The smallest absolute Gasteiger partial charge is 0.153 e. The second-order valence-electron chi connectivity index (χ2n) is 7.47. The van der Waals surface area contributed by atoms with E-state index in [9.17, 15) is 4.79 Å². The monoisotopic (exact) mass is 440 g/mol. The van der Waals surface area contributed by atoms with Gasteiger partial charge in [-0.05, 0) is 56.0 Å². The molecule has 0 N–H and O–H groups in total. The molecule has 0 unspecified atom stereocenters. The van der Waals surface area contributed by atoms with Crippen LogP contribution in [-0.4, -0.2) is 32.7 Å². The van der Waals surface area contributed by atoms with Crippen molar-refractivity contribution in [2.24, 2.45) is 0 Å². The van der Waals surface area contributed by atoms with Crippen LogP contribution in [0.25, 0.3) is 12.2 Å². The summed E-state index contributed by atoms with van der Waals surface area (Å²) in [6.07, 6.45) is 8.37. The molecule has 0 amide bonds. The van der Waals surface area contributed by atoms with Gasteiger partial charge in [-0.25, -0.2) is 0 Å². The molecular formula is C27H36O5. The van der Waals surface area contributed by atoms with Crippen LogP contribution in [0.5, 0.6) is 23.0 Å². The minimum Gasteiger partial charge on any atom is -0.494 e. The third kappa shape index (κ3) is 7.63. The van der Waals surface area contributed by atoms with Crippen molar-refractivity contribution >= 4 is 18.4 Å². The first-order valence-corrected chi connectivity index (χ1v) is 11.6. The quantitative estimate of drug-likeness (QED) is 0.224. The van der Waals surface area contributed by atoms with Crippen molar-refractivity contribution in [3.8, 4) is 23.0 Å². The molecule has 5 nitrogen and oxygen atoms in total. The zero-order valence-corrected chi connectivity index (χ0v) is 19.8. The summed E-state index contributed by atoms with van der Waals surface area (Å²) < 4.78 is 23.5. The molecule has 0 aliphatic heterocycles. The van der Waals surface area contributed by atoms with E-state index >= 15 is 0 Å². The molecule has 0 spiro atoms. The Balaban J connectivity index is 2.44. The van der Waals surface area contributed by atoms with Crippen molar-refractivity contribution < 1.29 is 23.7 Å². The van der Waals surface area contributed by atoms with E-state index in [-0.39, 0.29) is 0 Å². The van der Waals surface area contributed by atoms with Crippen molar-refractivity contribution in [1.29, 1.82) is 0 Å². The van der Waals surface area contributed by atoms with Crippen LogP contribution in [0, 0.1) is 0 Å². The molecule has 0 saturated heterocycles. The largest absolute Gasteiger partial charge is 0.494 e. The van der Waals surface area contributed by atoms with Crippen molar-refractivity contribution in [3.63, 3.8) is 0 Å². The summed E-state index contributed by atoms with van der Waals surface area (Å²) in [5, 5.41) is 0. The van der Waals surface area contributed by atoms with Gasteiger partial charge in [-0.1, -0.05) is 39.8 Å². The minimum absolute atomic E-state index is 0.489. The lowest BCUT2D eigenvalue weighted by molar-refractivity contribution is 0.111. The summed E-state index contributed by atoms with van der Waals surface area (Å²) in [6.45, 7) is 10.7. The van der Waals surface area contributed by atoms with E-state index in [0.29, 0.717) is 43.5 Å². The standard InChI is InChI=1S/C27H36O5/c1-5-13-29-24-11-12-25(30-14-6-2)21(17-24)9-10-22-18-27(32-16-8-4)23(20-28)19-26(22)31-15-7-3/h9-12,17-20H,5-8,13-16H2,1-4H3/b10-9+. The lowest BCUT2D eigenvalue weighted by Crippen LogP contribution is -2.02. The molecule has 0 bridgehead atoms. The van der Waals surface area contributed by atoms with Gasteiger partial charge >= 0.3 is 0 Å². The van der Waals surface area contributed by atoms with E-state index in [1.54, 1.807) is 6.07 Å². The van der Waals surface area contributed by atoms with E-state index in [0.717, 1.165) is 54.6 Å². The number of carbonyl (C=O) groups excluding carboxylic acids is 1. The van der Waals surface area contributed by atoms with Gasteiger partial charge in [0, 0.05) is 11.1 Å². The molecule has 0 radical (unpaired) electrons. The number of carbonyl (C=O) groups is 1. The fourth-order valence-corrected chi connectivity index (χ4v) is 2.98. The molecule has 32 heavy (non-hydrogen) atoms. The van der Waals surface area contributed by atoms with Crippen molar-refractivity contribution in [3.05, 3.63) is 47.0 Å². The van der Waals surface area contributed by atoms with Crippen LogP contribution in [0.15, 0.2) is 30.3 Å². The minimum atomic E-state index is 0.489. The number of aldehydes is 1. The van der Waals surface area contributed by atoms with Crippen molar-refractivity contribution in [2.45, 2.75) is 53.4 Å². The van der Waals surface area contributed by atoms with Gasteiger partial charge in [-0.3, -0.25) is 4.79 Å². The van der Waals surface area contributed by atoms with Crippen LogP contribution >= 0.6 is 0 Å². The van der Waals surface area contributed by atoms with Gasteiger partial charge in [0.25, 0.3) is 0 Å². The summed E-state index contributed by atoms with van der Waals surface area (Å²) in [4.78, 5) is 11.6. The highest BCUT2D eigenvalue weighted by Gasteiger charge is 2.11. The molecule has 2 aromatic rings. The number of benzene rings is 2. The van der Waals surface area contributed by atoms with E-state index in [4.69, 9.17) is 18.9 Å². The van der Waals surface area contributed by atoms with Gasteiger partial charge in [0.2, 0.25) is 0 Å². The SMILES string of the molecule is CCCOc1ccc(OCCC)c(/C=C/c2cc(OCCC)c(C=O)cc2OCCC)c1. The Morgan fingerprint density at radius 3 is 1.62 bits per heavy atom. The van der Waals surface area contributed by atoms with Crippen molar-refractivity contribution in [2.75, 3.05) is 26.4 Å². The second-order valence-corrected chi connectivity index (χ2v) is 7.47. The molecule has 0 fully saturated rings. The van der Waals surface area contributed by atoms with Gasteiger partial charge in [-0.2, -0.15) is 0 Å². The maximum atomic E-state index is 11.6. The van der Waals surface area contributed by atoms with E-state index in [2.05, 4.69) is 13.8 Å². The molecule has 0 saturated carbocycles. The van der Waals surface area contributed by atoms with Crippen LogP contribution in [0.2, 0.25) is 0 Å². The Labute approximate surface area is 192 Å². The number of hydrogen-bond donors (Lipinski definition) is 0. The van der Waals surface area contributed by atoms with E-state index in [1.807, 2.05) is 50.3 Å². The highest BCUT2D eigenvalue weighted by atomic mass is 16.5. The van der Waals surface area contributed by atoms with Crippen LogP contribution in [0.1, 0.15) is 74.9 Å². The summed E-state index contributed by atoms with van der Waals surface area (Å²) in [5.41, 5.74) is 2.25. The average molecular weight is 441 g/mol. The van der Waals surface area contributed by atoms with Gasteiger partial charge < -0.3 is 18.9 Å². The third-order valence-electron chi connectivity index (χ3n) is 4.55. The summed E-state index contributed by atoms with van der Waals surface area (Å²) in [6, 6.07) is 9.48. The van der Waals surface area contributed by atoms with Crippen LogP contribution in [0.4, 0.5) is 0 Å². The molecule has 0 atom stereocenters. The maximum absolute atomic E-state index is 11.6. The van der Waals surface area contributed by atoms with Crippen molar-refractivity contribution in [1.82, 2.24) is 0 Å². The molecule has 0 aliphatic carbocycles. The molecule has 0 aromatic heterocycles. The third-order valence-corrected chi connectivity index (χ3v) is 4.55. The lowest BCUT2D eigenvalue weighted by Gasteiger charge is -2.14. The molecular weight excluding hydrogens is 404 g/mol. The first-order valence-electron chi connectivity index (χ1n) is 11.6. The van der Waals surface area contributed by atoms with E-state index < -0.39 is 0 Å². The average Bonchev–Trinajstić information content (AvgIpc) is 2.82. The number of hydrogen-bond acceptors (Lipinski definition) is 5. The van der Waals surface area contributed by atoms with Gasteiger partial charge in [0.15, 0.2) is 6.29 Å². The maximum Gasteiger partial charge on any atom is 0.153 e. The zero-order chi connectivity index (χ0) is 23.2. The van der Waals surface area contributed by atoms with Gasteiger partial charge in [0.05, 0.1) is 32.0 Å². The normalized spacial score (nSPS) is 10.9. The fraction of sp³-hybridized carbons (Fsp3) is 0.444. The van der Waals surface area contributed by atoms with E-state index in [1.165, 1.54) is 0 Å². The fourth-order valence-electron chi connectivity index (χ4n) is 2.98.